The van der Waals surface area contributed by atoms with Crippen molar-refractivity contribution < 1.29 is 9.90 Å². The van der Waals surface area contributed by atoms with Gasteiger partial charge in [-0.1, -0.05) is 19.8 Å². The lowest BCUT2D eigenvalue weighted by molar-refractivity contribution is -0.122. The van der Waals surface area contributed by atoms with E-state index in [-0.39, 0.29) is 29.8 Å². The number of aliphatic hydroxyl groups is 1. The lowest BCUT2D eigenvalue weighted by Gasteiger charge is -2.38. The molecule has 0 aromatic carbocycles. The summed E-state index contributed by atoms with van der Waals surface area (Å²) in [5.41, 5.74) is 5.14. The summed E-state index contributed by atoms with van der Waals surface area (Å²) >= 11 is 0. The number of hydrogen-bond donors (Lipinski definition) is 3. The van der Waals surface area contributed by atoms with E-state index < -0.39 is 0 Å². The van der Waals surface area contributed by atoms with E-state index in [1.54, 1.807) is 0 Å². The number of carbonyl (C=O) groups is 1. The molecule has 2 unspecified atom stereocenters. The number of nitrogens with one attached hydrogen (secondary N) is 1. The number of halogens is 1. The van der Waals surface area contributed by atoms with Crippen LogP contribution in [0.5, 0.6) is 0 Å². The molecule has 4 N–H and O–H groups in total. The Balaban J connectivity index is 0.00000225. The first-order valence-corrected chi connectivity index (χ1v) is 5.73. The molecule has 1 aliphatic rings. The van der Waals surface area contributed by atoms with Gasteiger partial charge < -0.3 is 16.2 Å². The Morgan fingerprint density at radius 3 is 2.81 bits per heavy atom. The molecule has 1 rings (SSSR count). The molecule has 0 heterocycles. The number of nitrogens with two attached hydrogens (primary N) is 1. The zero-order valence-corrected chi connectivity index (χ0v) is 10.7. The zero-order valence-electron chi connectivity index (χ0n) is 9.87. The van der Waals surface area contributed by atoms with Gasteiger partial charge in [-0.3, -0.25) is 4.79 Å². The monoisotopic (exact) mass is 250 g/mol. The first-order chi connectivity index (χ1) is 7.08. The fourth-order valence-electron chi connectivity index (χ4n) is 2.11. The van der Waals surface area contributed by atoms with Gasteiger partial charge in [0.25, 0.3) is 0 Å². The van der Waals surface area contributed by atoms with Crippen LogP contribution in [-0.4, -0.2) is 30.2 Å². The Bertz CT molecular complexity index is 226. The van der Waals surface area contributed by atoms with Crippen LogP contribution in [0, 0.1) is 5.41 Å². The predicted octanol–water partition coefficient (Wildman–Crippen LogP) is 0.814. The molecule has 0 spiro atoms. The first kappa shape index (κ1) is 15.7. The molecule has 96 valence electrons. The molecule has 2 atom stereocenters. The Morgan fingerprint density at radius 1 is 1.56 bits per heavy atom. The van der Waals surface area contributed by atoms with Crippen molar-refractivity contribution in [3.05, 3.63) is 0 Å². The normalized spacial score (nSPS) is 29.3. The van der Waals surface area contributed by atoms with Crippen LogP contribution in [0.3, 0.4) is 0 Å². The predicted molar refractivity (Wildman–Crippen MR) is 66.5 cm³/mol. The van der Waals surface area contributed by atoms with Gasteiger partial charge >= 0.3 is 0 Å². The van der Waals surface area contributed by atoms with Gasteiger partial charge in [-0.2, -0.15) is 0 Å². The van der Waals surface area contributed by atoms with E-state index in [2.05, 4.69) is 5.32 Å². The zero-order chi connectivity index (χ0) is 11.3. The smallest absolute Gasteiger partial charge is 0.221 e. The number of amides is 1. The van der Waals surface area contributed by atoms with Crippen molar-refractivity contribution in [1.29, 1.82) is 0 Å². The molecule has 16 heavy (non-hydrogen) atoms. The van der Waals surface area contributed by atoms with E-state index in [1.165, 1.54) is 0 Å². The van der Waals surface area contributed by atoms with Crippen molar-refractivity contribution >= 4 is 18.3 Å². The summed E-state index contributed by atoms with van der Waals surface area (Å²) in [5.74, 6) is -0.0171. The van der Waals surface area contributed by atoms with Gasteiger partial charge in [0.05, 0.1) is 6.10 Å². The van der Waals surface area contributed by atoms with E-state index in [4.69, 9.17) is 5.73 Å². The highest BCUT2D eigenvalue weighted by molar-refractivity contribution is 5.85. The van der Waals surface area contributed by atoms with Crippen LogP contribution in [0.1, 0.15) is 39.0 Å². The molecule has 1 fully saturated rings. The number of rotatable bonds is 4. The van der Waals surface area contributed by atoms with Crippen LogP contribution < -0.4 is 11.1 Å². The highest BCUT2D eigenvalue weighted by Gasteiger charge is 2.35. The van der Waals surface area contributed by atoms with E-state index in [1.807, 2.05) is 6.92 Å². The van der Waals surface area contributed by atoms with Crippen LogP contribution in [0.15, 0.2) is 0 Å². The third kappa shape index (κ3) is 4.28. The van der Waals surface area contributed by atoms with Crippen LogP contribution in [0.2, 0.25) is 0 Å². The molecule has 1 aliphatic carbocycles. The van der Waals surface area contributed by atoms with Gasteiger partial charge in [-0.15, -0.1) is 12.4 Å². The minimum atomic E-state index is -0.288. The standard InChI is InChI=1S/C11H22N2O2.ClH/c1-11(6-3-2-4-9(11)14)8-13-10(15)5-7-12;/h9,14H,2-8,12H2,1H3,(H,13,15);1H. The second-order valence-corrected chi connectivity index (χ2v) is 4.73. The highest BCUT2D eigenvalue weighted by Crippen LogP contribution is 2.35. The molecule has 0 aromatic heterocycles. The van der Waals surface area contributed by atoms with Crippen molar-refractivity contribution in [3.63, 3.8) is 0 Å². The number of aliphatic hydroxyl groups excluding tert-OH is 1. The topological polar surface area (TPSA) is 75.4 Å². The maximum Gasteiger partial charge on any atom is 0.221 e. The molecule has 0 bridgehead atoms. The van der Waals surface area contributed by atoms with Gasteiger partial charge in [-0.25, -0.2) is 0 Å². The molecule has 0 saturated heterocycles. The van der Waals surface area contributed by atoms with Crippen LogP contribution >= 0.6 is 12.4 Å². The SMILES string of the molecule is CC1(CNC(=O)CCN)CCCCC1O.Cl. The molecule has 0 aromatic rings. The van der Waals surface area contributed by atoms with Gasteiger partial charge in [0.2, 0.25) is 5.91 Å². The number of carbonyl (C=O) groups excluding carboxylic acids is 1. The fraction of sp³-hybridized carbons (Fsp3) is 0.909. The van der Waals surface area contributed by atoms with Crippen molar-refractivity contribution in [1.82, 2.24) is 5.32 Å². The molecule has 1 saturated carbocycles. The average Bonchev–Trinajstić information content (AvgIpc) is 2.21. The Kier molecular flexibility index (Phi) is 6.95. The third-order valence-electron chi connectivity index (χ3n) is 3.34. The Hall–Kier alpha value is -0.320. The van der Waals surface area contributed by atoms with E-state index in [0.717, 1.165) is 25.7 Å². The molecule has 1 amide bonds. The maximum atomic E-state index is 11.3. The highest BCUT2D eigenvalue weighted by atomic mass is 35.5. The fourth-order valence-corrected chi connectivity index (χ4v) is 2.11. The summed E-state index contributed by atoms with van der Waals surface area (Å²) in [6.07, 6.45) is 4.14. The van der Waals surface area contributed by atoms with Crippen LogP contribution in [0.25, 0.3) is 0 Å². The summed E-state index contributed by atoms with van der Waals surface area (Å²) in [5, 5.41) is 12.7. The van der Waals surface area contributed by atoms with Crippen LogP contribution in [-0.2, 0) is 4.79 Å². The van der Waals surface area contributed by atoms with Crippen molar-refractivity contribution in [2.75, 3.05) is 13.1 Å². The Labute approximate surface area is 103 Å². The summed E-state index contributed by atoms with van der Waals surface area (Å²) in [6, 6.07) is 0. The van der Waals surface area contributed by atoms with E-state index >= 15 is 0 Å². The summed E-state index contributed by atoms with van der Waals surface area (Å²) in [7, 11) is 0. The van der Waals surface area contributed by atoms with Gasteiger partial charge in [0, 0.05) is 24.9 Å². The summed E-state index contributed by atoms with van der Waals surface area (Å²) < 4.78 is 0. The lowest BCUT2D eigenvalue weighted by Crippen LogP contribution is -2.45. The molecule has 4 nitrogen and oxygen atoms in total. The third-order valence-corrected chi connectivity index (χ3v) is 3.34. The first-order valence-electron chi connectivity index (χ1n) is 5.73. The molecule has 5 heteroatoms. The van der Waals surface area contributed by atoms with Crippen LogP contribution in [0.4, 0.5) is 0 Å². The largest absolute Gasteiger partial charge is 0.392 e. The maximum absolute atomic E-state index is 11.3. The average molecular weight is 251 g/mol. The second kappa shape index (κ2) is 7.09. The second-order valence-electron chi connectivity index (χ2n) is 4.73. The minimum absolute atomic E-state index is 0. The summed E-state index contributed by atoms with van der Waals surface area (Å²) in [4.78, 5) is 11.3. The van der Waals surface area contributed by atoms with Gasteiger partial charge in [0.1, 0.15) is 0 Å². The van der Waals surface area contributed by atoms with Gasteiger partial charge in [-0.05, 0) is 12.8 Å². The van der Waals surface area contributed by atoms with Crippen molar-refractivity contribution in [2.24, 2.45) is 11.1 Å². The molecular weight excluding hydrogens is 228 g/mol. The number of hydrogen-bond acceptors (Lipinski definition) is 3. The summed E-state index contributed by atoms with van der Waals surface area (Å²) in [6.45, 7) is 2.98. The Morgan fingerprint density at radius 2 is 2.25 bits per heavy atom. The molecule has 0 aliphatic heterocycles. The van der Waals surface area contributed by atoms with Gasteiger partial charge in [0.15, 0.2) is 0 Å². The van der Waals surface area contributed by atoms with Crippen molar-refractivity contribution in [2.45, 2.75) is 45.1 Å². The molecular formula is C11H23ClN2O2. The molecule has 0 radical (unpaired) electrons. The quantitative estimate of drug-likeness (QED) is 0.691. The van der Waals surface area contributed by atoms with Crippen molar-refractivity contribution in [3.8, 4) is 0 Å². The minimum Gasteiger partial charge on any atom is -0.392 e. The lowest BCUT2D eigenvalue weighted by atomic mass is 9.73. The van der Waals surface area contributed by atoms with E-state index in [0.29, 0.717) is 19.5 Å². The van der Waals surface area contributed by atoms with E-state index in [9.17, 15) is 9.90 Å².